The van der Waals surface area contributed by atoms with Crippen LogP contribution in [0, 0.1) is 0 Å². The van der Waals surface area contributed by atoms with E-state index in [0.29, 0.717) is 18.1 Å². The van der Waals surface area contributed by atoms with Crippen LogP contribution >= 0.6 is 15.9 Å². The molecule has 0 saturated heterocycles. The molecule has 1 aromatic heterocycles. The third-order valence-corrected chi connectivity index (χ3v) is 4.07. The SMILES string of the molecule is CCOc1ncccc1C(=O)Nc1ccc2c(Br)cccc2c1. The van der Waals surface area contributed by atoms with Gasteiger partial charge in [-0.25, -0.2) is 4.98 Å². The molecule has 2 aromatic carbocycles. The summed E-state index contributed by atoms with van der Waals surface area (Å²) < 4.78 is 6.43. The molecule has 4 nitrogen and oxygen atoms in total. The highest BCUT2D eigenvalue weighted by atomic mass is 79.9. The zero-order chi connectivity index (χ0) is 16.2. The number of nitrogens with one attached hydrogen (secondary N) is 1. The fraction of sp³-hybridized carbons (Fsp3) is 0.111. The highest BCUT2D eigenvalue weighted by Gasteiger charge is 2.13. The number of halogens is 1. The van der Waals surface area contributed by atoms with Gasteiger partial charge in [0.15, 0.2) is 0 Å². The molecule has 5 heteroatoms. The van der Waals surface area contributed by atoms with Crippen molar-refractivity contribution in [3.05, 3.63) is 64.8 Å². The zero-order valence-electron chi connectivity index (χ0n) is 12.5. The van der Waals surface area contributed by atoms with Gasteiger partial charge in [0, 0.05) is 16.4 Å². The molecule has 1 heterocycles. The lowest BCUT2D eigenvalue weighted by Crippen LogP contribution is -2.14. The third-order valence-electron chi connectivity index (χ3n) is 3.38. The van der Waals surface area contributed by atoms with E-state index in [9.17, 15) is 4.79 Å². The summed E-state index contributed by atoms with van der Waals surface area (Å²) in [6.45, 7) is 2.32. The first-order valence-corrected chi connectivity index (χ1v) is 8.06. The van der Waals surface area contributed by atoms with Crippen LogP contribution in [0.15, 0.2) is 59.2 Å². The van der Waals surface area contributed by atoms with Crippen molar-refractivity contribution in [1.29, 1.82) is 0 Å². The molecule has 0 atom stereocenters. The molecule has 3 aromatic rings. The second-order valence-corrected chi connectivity index (χ2v) is 5.77. The predicted molar refractivity (Wildman–Crippen MR) is 95.0 cm³/mol. The predicted octanol–water partition coefficient (Wildman–Crippen LogP) is 4.65. The number of carbonyl (C=O) groups excluding carboxylic acids is 1. The van der Waals surface area contributed by atoms with Gasteiger partial charge < -0.3 is 10.1 Å². The molecule has 23 heavy (non-hydrogen) atoms. The van der Waals surface area contributed by atoms with Gasteiger partial charge in [0.25, 0.3) is 5.91 Å². The molecule has 1 amide bonds. The minimum Gasteiger partial charge on any atom is -0.477 e. The number of anilines is 1. The molecule has 0 spiro atoms. The lowest BCUT2D eigenvalue weighted by Gasteiger charge is -2.10. The monoisotopic (exact) mass is 370 g/mol. The number of amides is 1. The summed E-state index contributed by atoms with van der Waals surface area (Å²) in [7, 11) is 0. The Morgan fingerprint density at radius 1 is 1.22 bits per heavy atom. The van der Waals surface area contributed by atoms with Crippen LogP contribution in [-0.4, -0.2) is 17.5 Å². The average molecular weight is 371 g/mol. The van der Waals surface area contributed by atoms with Crippen LogP contribution in [0.1, 0.15) is 17.3 Å². The van der Waals surface area contributed by atoms with Crippen molar-refractivity contribution in [2.45, 2.75) is 6.92 Å². The summed E-state index contributed by atoms with van der Waals surface area (Å²) in [4.78, 5) is 16.6. The number of rotatable bonds is 4. The molecular weight excluding hydrogens is 356 g/mol. The first-order chi connectivity index (χ1) is 11.2. The number of ether oxygens (including phenoxy) is 1. The largest absolute Gasteiger partial charge is 0.477 e. The molecule has 0 aliphatic heterocycles. The van der Waals surface area contributed by atoms with Gasteiger partial charge in [-0.15, -0.1) is 0 Å². The van der Waals surface area contributed by atoms with Crippen LogP contribution < -0.4 is 10.1 Å². The van der Waals surface area contributed by atoms with Crippen LogP contribution in [-0.2, 0) is 0 Å². The topological polar surface area (TPSA) is 51.2 Å². The first kappa shape index (κ1) is 15.5. The third kappa shape index (κ3) is 3.35. The maximum absolute atomic E-state index is 12.5. The quantitative estimate of drug-likeness (QED) is 0.727. The van der Waals surface area contributed by atoms with Gasteiger partial charge in [-0.1, -0.05) is 34.1 Å². The van der Waals surface area contributed by atoms with Crippen molar-refractivity contribution in [2.75, 3.05) is 11.9 Å². The second kappa shape index (κ2) is 6.79. The number of hydrogen-bond donors (Lipinski definition) is 1. The van der Waals surface area contributed by atoms with E-state index in [-0.39, 0.29) is 5.91 Å². The Bertz CT molecular complexity index is 865. The highest BCUT2D eigenvalue weighted by molar-refractivity contribution is 9.10. The molecule has 0 bridgehead atoms. The number of carbonyl (C=O) groups is 1. The van der Waals surface area contributed by atoms with Gasteiger partial charge in [0.2, 0.25) is 5.88 Å². The molecule has 0 unspecified atom stereocenters. The minimum atomic E-state index is -0.240. The fourth-order valence-corrected chi connectivity index (χ4v) is 2.85. The summed E-state index contributed by atoms with van der Waals surface area (Å²) >= 11 is 3.52. The van der Waals surface area contributed by atoms with Crippen LogP contribution in [0.4, 0.5) is 5.69 Å². The fourth-order valence-electron chi connectivity index (χ4n) is 2.34. The van der Waals surface area contributed by atoms with Crippen molar-refractivity contribution in [1.82, 2.24) is 4.98 Å². The zero-order valence-corrected chi connectivity index (χ0v) is 14.1. The number of aromatic nitrogens is 1. The van der Waals surface area contributed by atoms with E-state index < -0.39 is 0 Å². The van der Waals surface area contributed by atoms with Gasteiger partial charge in [-0.05, 0) is 48.0 Å². The molecule has 116 valence electrons. The number of nitrogens with zero attached hydrogens (tertiary/aromatic N) is 1. The van der Waals surface area contributed by atoms with Gasteiger partial charge in [0.1, 0.15) is 5.56 Å². The molecule has 3 rings (SSSR count). The van der Waals surface area contributed by atoms with Crippen molar-refractivity contribution in [3.63, 3.8) is 0 Å². The van der Waals surface area contributed by atoms with Crippen molar-refractivity contribution >= 4 is 38.3 Å². The van der Waals surface area contributed by atoms with Crippen LogP contribution in [0.3, 0.4) is 0 Å². The molecule has 1 N–H and O–H groups in total. The van der Waals surface area contributed by atoms with E-state index >= 15 is 0 Å². The Balaban J connectivity index is 1.88. The van der Waals surface area contributed by atoms with E-state index in [1.54, 1.807) is 18.3 Å². The second-order valence-electron chi connectivity index (χ2n) is 4.92. The van der Waals surface area contributed by atoms with Crippen LogP contribution in [0.2, 0.25) is 0 Å². The van der Waals surface area contributed by atoms with Crippen LogP contribution in [0.25, 0.3) is 10.8 Å². The van der Waals surface area contributed by atoms with E-state index in [4.69, 9.17) is 4.74 Å². The molecular formula is C18H15BrN2O2. The van der Waals surface area contributed by atoms with E-state index in [1.807, 2.05) is 43.3 Å². The Labute approximate surface area is 142 Å². The maximum Gasteiger partial charge on any atom is 0.261 e. The molecule has 0 saturated carbocycles. The summed E-state index contributed by atoms with van der Waals surface area (Å²) in [5.41, 5.74) is 1.15. The van der Waals surface area contributed by atoms with Gasteiger partial charge in [-0.3, -0.25) is 4.79 Å². The first-order valence-electron chi connectivity index (χ1n) is 7.26. The lowest BCUT2D eigenvalue weighted by atomic mass is 10.1. The average Bonchev–Trinajstić information content (AvgIpc) is 2.56. The standard InChI is InChI=1S/C18H15BrN2O2/c1-2-23-18-15(6-4-10-20-18)17(22)21-13-8-9-14-12(11-13)5-3-7-16(14)19/h3-11H,2H2,1H3,(H,21,22). The Morgan fingerprint density at radius 3 is 2.91 bits per heavy atom. The molecule has 0 aliphatic rings. The van der Waals surface area contributed by atoms with Gasteiger partial charge >= 0.3 is 0 Å². The van der Waals surface area contributed by atoms with E-state index in [1.165, 1.54) is 0 Å². The summed E-state index contributed by atoms with van der Waals surface area (Å²) in [5, 5.41) is 5.04. The number of fused-ring (bicyclic) bond motifs is 1. The van der Waals surface area contributed by atoms with Crippen molar-refractivity contribution in [3.8, 4) is 5.88 Å². The van der Waals surface area contributed by atoms with Crippen LogP contribution in [0.5, 0.6) is 5.88 Å². The van der Waals surface area contributed by atoms with Gasteiger partial charge in [0.05, 0.1) is 6.61 Å². The Morgan fingerprint density at radius 2 is 2.09 bits per heavy atom. The lowest BCUT2D eigenvalue weighted by molar-refractivity contribution is 0.102. The Kier molecular flexibility index (Phi) is 4.57. The van der Waals surface area contributed by atoms with Crippen molar-refractivity contribution < 1.29 is 9.53 Å². The van der Waals surface area contributed by atoms with Crippen molar-refractivity contribution in [2.24, 2.45) is 0 Å². The van der Waals surface area contributed by atoms with E-state index in [2.05, 4.69) is 26.2 Å². The number of hydrogen-bond acceptors (Lipinski definition) is 3. The highest BCUT2D eigenvalue weighted by Crippen LogP contribution is 2.26. The molecule has 0 fully saturated rings. The summed E-state index contributed by atoms with van der Waals surface area (Å²) in [6.07, 6.45) is 1.61. The normalized spacial score (nSPS) is 10.5. The van der Waals surface area contributed by atoms with Gasteiger partial charge in [-0.2, -0.15) is 0 Å². The number of pyridine rings is 1. The maximum atomic E-state index is 12.5. The summed E-state index contributed by atoms with van der Waals surface area (Å²) in [6, 6.07) is 15.2. The summed E-state index contributed by atoms with van der Waals surface area (Å²) in [5.74, 6) is 0.104. The minimum absolute atomic E-state index is 0.240. The van der Waals surface area contributed by atoms with E-state index in [0.717, 1.165) is 20.9 Å². The smallest absolute Gasteiger partial charge is 0.261 e. The Hall–Kier alpha value is -2.40. The molecule has 0 aliphatic carbocycles. The number of benzene rings is 2. The molecule has 0 radical (unpaired) electrons.